The Morgan fingerprint density at radius 3 is 2.60 bits per heavy atom. The molecule has 0 aromatic carbocycles. The maximum atomic E-state index is 11.5. The van der Waals surface area contributed by atoms with Gasteiger partial charge in [0.25, 0.3) is 0 Å². The molecule has 0 saturated heterocycles. The van der Waals surface area contributed by atoms with Crippen LogP contribution in [0.1, 0.15) is 23.4 Å². The quantitative estimate of drug-likeness (QED) is 0.637. The Bertz CT molecular complexity index is 534. The van der Waals surface area contributed by atoms with E-state index in [2.05, 4.69) is 10.4 Å². The van der Waals surface area contributed by atoms with Gasteiger partial charge >= 0.3 is 5.97 Å². The smallest absolute Gasteiger partial charge is 0.332 e. The summed E-state index contributed by atoms with van der Waals surface area (Å²) in [5, 5.41) is 24.3. The van der Waals surface area contributed by atoms with Crippen LogP contribution in [0.5, 0.6) is 0 Å². The first-order valence-electron chi connectivity index (χ1n) is 6.20. The summed E-state index contributed by atoms with van der Waals surface area (Å²) in [5.41, 5.74) is 2.66. The lowest BCUT2D eigenvalue weighted by Gasteiger charge is -2.05. The zero-order valence-corrected chi connectivity index (χ0v) is 11.8. The average Bonchev–Trinajstić information content (AvgIpc) is 2.61. The van der Waals surface area contributed by atoms with Crippen molar-refractivity contribution < 1.29 is 19.8 Å². The number of aromatic nitrogens is 2. The highest BCUT2D eigenvalue weighted by Crippen LogP contribution is 2.13. The Labute approximate surface area is 116 Å². The molecule has 7 nitrogen and oxygen atoms in total. The zero-order valence-electron chi connectivity index (χ0n) is 11.8. The van der Waals surface area contributed by atoms with Crippen LogP contribution in [0.15, 0.2) is 6.08 Å². The first-order chi connectivity index (χ1) is 9.32. The lowest BCUT2D eigenvalue weighted by molar-refractivity contribution is -0.147. The third kappa shape index (κ3) is 4.20. The summed E-state index contributed by atoms with van der Waals surface area (Å²) in [7, 11) is 1.83. The molecule has 1 rings (SSSR count). The van der Waals surface area contributed by atoms with Gasteiger partial charge in [0.15, 0.2) is 6.10 Å². The van der Waals surface area contributed by atoms with E-state index in [-0.39, 0.29) is 18.9 Å². The molecular weight excluding hydrogens is 262 g/mol. The number of aliphatic carboxylic acids is 1. The Kier molecular flexibility index (Phi) is 5.45. The second-order valence-electron chi connectivity index (χ2n) is 4.48. The number of hydrogen-bond acceptors (Lipinski definition) is 4. The zero-order chi connectivity index (χ0) is 15.3. The van der Waals surface area contributed by atoms with E-state index in [0.29, 0.717) is 0 Å². The molecule has 0 fully saturated rings. The molecule has 110 valence electrons. The van der Waals surface area contributed by atoms with Gasteiger partial charge in [0.1, 0.15) is 0 Å². The molecule has 1 aromatic rings. The normalized spacial score (nSPS) is 12.6. The lowest BCUT2D eigenvalue weighted by Crippen LogP contribution is -2.28. The van der Waals surface area contributed by atoms with Gasteiger partial charge in [-0.2, -0.15) is 5.10 Å². The molecule has 3 N–H and O–H groups in total. The molecule has 0 radical (unpaired) electrons. The van der Waals surface area contributed by atoms with Crippen LogP contribution in [-0.4, -0.2) is 44.5 Å². The molecule has 0 aliphatic carbocycles. The number of amides is 1. The second-order valence-corrected chi connectivity index (χ2v) is 4.48. The van der Waals surface area contributed by atoms with Crippen molar-refractivity contribution in [1.29, 1.82) is 0 Å². The van der Waals surface area contributed by atoms with Crippen molar-refractivity contribution in [2.75, 3.05) is 6.54 Å². The molecular formula is C13H19N3O4. The third-order valence-corrected chi connectivity index (χ3v) is 2.97. The monoisotopic (exact) mass is 281 g/mol. The number of aryl methyl sites for hydroxylation is 2. The van der Waals surface area contributed by atoms with E-state index in [4.69, 9.17) is 10.2 Å². The summed E-state index contributed by atoms with van der Waals surface area (Å²) in [6, 6.07) is 0. The Balaban J connectivity index is 2.50. The Morgan fingerprint density at radius 2 is 2.10 bits per heavy atom. The molecule has 0 spiro atoms. The van der Waals surface area contributed by atoms with Crippen LogP contribution in [0.3, 0.4) is 0 Å². The van der Waals surface area contributed by atoms with Crippen molar-refractivity contribution in [1.82, 2.24) is 15.1 Å². The molecule has 1 amide bonds. The number of aliphatic hydroxyl groups is 1. The van der Waals surface area contributed by atoms with Gasteiger partial charge in [-0.25, -0.2) is 4.79 Å². The van der Waals surface area contributed by atoms with E-state index in [9.17, 15) is 9.59 Å². The number of nitrogens with one attached hydrogen (secondary N) is 1. The molecule has 0 aliphatic rings. The number of aliphatic hydroxyl groups excluding tert-OH is 1. The summed E-state index contributed by atoms with van der Waals surface area (Å²) in [6.07, 6.45) is 1.55. The fourth-order valence-corrected chi connectivity index (χ4v) is 1.70. The molecule has 0 bridgehead atoms. The van der Waals surface area contributed by atoms with Crippen molar-refractivity contribution in [2.24, 2.45) is 7.05 Å². The van der Waals surface area contributed by atoms with E-state index < -0.39 is 12.1 Å². The number of carbonyl (C=O) groups is 2. The highest BCUT2D eigenvalue weighted by Gasteiger charge is 2.12. The van der Waals surface area contributed by atoms with Gasteiger partial charge in [0, 0.05) is 37.3 Å². The van der Waals surface area contributed by atoms with Gasteiger partial charge in [-0.15, -0.1) is 0 Å². The number of carbonyl (C=O) groups excluding carboxylic acids is 1. The van der Waals surface area contributed by atoms with Crippen LogP contribution < -0.4 is 5.32 Å². The number of hydrogen-bond donors (Lipinski definition) is 3. The molecule has 1 unspecified atom stereocenters. The van der Waals surface area contributed by atoms with Crippen molar-refractivity contribution in [3.8, 4) is 0 Å². The van der Waals surface area contributed by atoms with Crippen LogP contribution >= 0.6 is 0 Å². The Hall–Kier alpha value is -2.15. The minimum Gasteiger partial charge on any atom is -0.479 e. The average molecular weight is 281 g/mol. The third-order valence-electron chi connectivity index (χ3n) is 2.97. The first kappa shape index (κ1) is 15.9. The van der Waals surface area contributed by atoms with Gasteiger partial charge in [0.2, 0.25) is 5.91 Å². The topological polar surface area (TPSA) is 104 Å². The molecule has 1 atom stereocenters. The number of rotatable bonds is 6. The van der Waals surface area contributed by atoms with Crippen LogP contribution in [0.2, 0.25) is 0 Å². The molecule has 0 aliphatic heterocycles. The minimum absolute atomic E-state index is 0.0279. The van der Waals surface area contributed by atoms with Crippen LogP contribution in [0.4, 0.5) is 0 Å². The van der Waals surface area contributed by atoms with E-state index >= 15 is 0 Å². The lowest BCUT2D eigenvalue weighted by atomic mass is 10.2. The van der Waals surface area contributed by atoms with Gasteiger partial charge in [-0.05, 0) is 19.9 Å². The minimum atomic E-state index is -1.46. The van der Waals surface area contributed by atoms with Gasteiger partial charge in [-0.3, -0.25) is 9.48 Å². The highest BCUT2D eigenvalue weighted by molar-refractivity contribution is 5.92. The molecule has 1 heterocycles. The maximum absolute atomic E-state index is 11.5. The molecule has 20 heavy (non-hydrogen) atoms. The van der Waals surface area contributed by atoms with Crippen molar-refractivity contribution in [3.05, 3.63) is 23.0 Å². The summed E-state index contributed by atoms with van der Waals surface area (Å²) in [4.78, 5) is 21.9. The SMILES string of the molecule is Cc1nn(C)c(C)c1/C=C/C(=O)NCCC(O)C(=O)O. The second kappa shape index (κ2) is 6.85. The number of nitrogens with zero attached hydrogens (tertiary/aromatic N) is 2. The van der Waals surface area contributed by atoms with E-state index in [1.165, 1.54) is 6.08 Å². The Morgan fingerprint density at radius 1 is 1.45 bits per heavy atom. The number of carboxylic acid groups (broad SMARTS) is 1. The molecule has 0 saturated carbocycles. The summed E-state index contributed by atoms with van der Waals surface area (Å²) in [6.45, 7) is 3.86. The van der Waals surface area contributed by atoms with Crippen molar-refractivity contribution in [3.63, 3.8) is 0 Å². The fraction of sp³-hybridized carbons (Fsp3) is 0.462. The predicted molar refractivity (Wildman–Crippen MR) is 73.0 cm³/mol. The van der Waals surface area contributed by atoms with Gasteiger partial charge < -0.3 is 15.5 Å². The van der Waals surface area contributed by atoms with E-state index in [1.54, 1.807) is 10.8 Å². The summed E-state index contributed by atoms with van der Waals surface area (Å²) in [5.74, 6) is -1.64. The fourth-order valence-electron chi connectivity index (χ4n) is 1.70. The van der Waals surface area contributed by atoms with Gasteiger partial charge in [0.05, 0.1) is 5.69 Å². The standard InChI is InChI=1S/C13H19N3O4/c1-8-10(9(2)16(3)15-8)4-5-12(18)14-7-6-11(17)13(19)20/h4-5,11,17H,6-7H2,1-3H3,(H,14,18)(H,19,20)/b5-4+. The van der Waals surface area contributed by atoms with E-state index in [1.807, 2.05) is 20.9 Å². The van der Waals surface area contributed by atoms with E-state index in [0.717, 1.165) is 17.0 Å². The summed E-state index contributed by atoms with van der Waals surface area (Å²) < 4.78 is 1.73. The van der Waals surface area contributed by atoms with Crippen molar-refractivity contribution >= 4 is 18.0 Å². The van der Waals surface area contributed by atoms with Crippen molar-refractivity contribution in [2.45, 2.75) is 26.4 Å². The predicted octanol–water partition coefficient (Wildman–Crippen LogP) is 0.00194. The molecule has 7 heteroatoms. The largest absolute Gasteiger partial charge is 0.479 e. The molecule has 1 aromatic heterocycles. The van der Waals surface area contributed by atoms with Gasteiger partial charge in [-0.1, -0.05) is 0 Å². The van der Waals surface area contributed by atoms with Crippen LogP contribution in [0.25, 0.3) is 6.08 Å². The first-order valence-corrected chi connectivity index (χ1v) is 6.20. The summed E-state index contributed by atoms with van der Waals surface area (Å²) >= 11 is 0. The maximum Gasteiger partial charge on any atom is 0.332 e. The number of carboxylic acids is 1. The van der Waals surface area contributed by atoms with Crippen LogP contribution in [0, 0.1) is 13.8 Å². The van der Waals surface area contributed by atoms with Crippen LogP contribution in [-0.2, 0) is 16.6 Å². The highest BCUT2D eigenvalue weighted by atomic mass is 16.4.